The Morgan fingerprint density at radius 1 is 1.33 bits per heavy atom. The lowest BCUT2D eigenvalue weighted by atomic mass is 10.1. The van der Waals surface area contributed by atoms with E-state index in [4.69, 9.17) is 6.42 Å². The normalized spacial score (nSPS) is 9.50. The zero-order chi connectivity index (χ0) is 9.14. The van der Waals surface area contributed by atoms with Crippen LogP contribution >= 0.6 is 0 Å². The van der Waals surface area contributed by atoms with E-state index in [-0.39, 0.29) is 12.0 Å². The second-order valence-corrected chi connectivity index (χ2v) is 2.42. The van der Waals surface area contributed by atoms with Crippen molar-refractivity contribution in [3.63, 3.8) is 0 Å². The van der Waals surface area contributed by atoms with E-state index in [0.29, 0.717) is 5.56 Å². The van der Waals surface area contributed by atoms with Crippen LogP contribution in [-0.2, 0) is 6.42 Å². The number of hydrogen-bond donors (Lipinski definition) is 0. The molecule has 0 N–H and O–H groups in total. The molecule has 2 heteroatoms. The highest BCUT2D eigenvalue weighted by molar-refractivity contribution is 5.29. The van der Waals surface area contributed by atoms with Crippen LogP contribution in [0.2, 0.25) is 0 Å². The first-order valence-electron chi connectivity index (χ1n) is 3.38. The van der Waals surface area contributed by atoms with E-state index in [0.717, 1.165) is 0 Å². The number of rotatable bonds is 1. The third-order valence-corrected chi connectivity index (χ3v) is 1.51. The molecule has 1 rings (SSSR count). The fourth-order valence-corrected chi connectivity index (χ4v) is 0.875. The maximum atomic E-state index is 12.8. The van der Waals surface area contributed by atoms with Gasteiger partial charge in [-0.25, -0.2) is 8.78 Å². The van der Waals surface area contributed by atoms with Crippen molar-refractivity contribution in [1.29, 1.82) is 0 Å². The Bertz CT molecular complexity index is 311. The molecular formula is C10H7F2. The summed E-state index contributed by atoms with van der Waals surface area (Å²) >= 11 is 0. The molecule has 0 nitrogen and oxygen atoms in total. The molecule has 0 saturated heterocycles. The zero-order valence-corrected chi connectivity index (χ0v) is 6.40. The number of terminal acetylenes is 1. The van der Waals surface area contributed by atoms with Gasteiger partial charge in [-0.2, -0.15) is 0 Å². The Morgan fingerprint density at radius 3 is 2.25 bits per heavy atom. The topological polar surface area (TPSA) is 0 Å². The fourth-order valence-electron chi connectivity index (χ4n) is 0.875. The molecule has 0 unspecified atom stereocenters. The molecule has 61 valence electrons. The molecular weight excluding hydrogens is 158 g/mol. The molecule has 0 saturated carbocycles. The van der Waals surface area contributed by atoms with Crippen molar-refractivity contribution >= 4 is 0 Å². The lowest BCUT2D eigenvalue weighted by Gasteiger charge is -2.00. The van der Waals surface area contributed by atoms with Gasteiger partial charge in [0.2, 0.25) is 0 Å². The van der Waals surface area contributed by atoms with E-state index in [9.17, 15) is 8.78 Å². The molecule has 0 bridgehead atoms. The van der Waals surface area contributed by atoms with Crippen LogP contribution in [0.4, 0.5) is 8.78 Å². The van der Waals surface area contributed by atoms with Gasteiger partial charge in [0.15, 0.2) is 0 Å². The fraction of sp³-hybridized carbons (Fsp3) is 0.100. The Kier molecular flexibility index (Phi) is 2.44. The number of hydrogen-bond acceptors (Lipinski definition) is 0. The number of halogens is 2. The summed E-state index contributed by atoms with van der Waals surface area (Å²) in [6.07, 6.45) is 5.22. The van der Waals surface area contributed by atoms with Gasteiger partial charge in [0.05, 0.1) is 0 Å². The Labute approximate surface area is 70.2 Å². The van der Waals surface area contributed by atoms with E-state index in [2.05, 4.69) is 12.8 Å². The van der Waals surface area contributed by atoms with E-state index >= 15 is 0 Å². The van der Waals surface area contributed by atoms with E-state index in [1.807, 2.05) is 0 Å². The van der Waals surface area contributed by atoms with Crippen molar-refractivity contribution in [2.45, 2.75) is 6.42 Å². The van der Waals surface area contributed by atoms with E-state index < -0.39 is 11.6 Å². The highest BCUT2D eigenvalue weighted by Gasteiger charge is 2.05. The van der Waals surface area contributed by atoms with Crippen LogP contribution in [0.1, 0.15) is 11.1 Å². The lowest BCUT2D eigenvalue weighted by molar-refractivity contribution is 0.572. The average molecular weight is 165 g/mol. The number of benzene rings is 1. The van der Waals surface area contributed by atoms with Gasteiger partial charge >= 0.3 is 0 Å². The van der Waals surface area contributed by atoms with E-state index in [1.165, 1.54) is 12.1 Å². The summed E-state index contributed by atoms with van der Waals surface area (Å²) in [6.45, 7) is 3.22. The minimum atomic E-state index is -0.653. The summed E-state index contributed by atoms with van der Waals surface area (Å²) in [7, 11) is 0. The Hall–Kier alpha value is -1.36. The second-order valence-electron chi connectivity index (χ2n) is 2.42. The molecule has 0 aliphatic rings. The van der Waals surface area contributed by atoms with Crippen LogP contribution in [0.25, 0.3) is 0 Å². The quantitative estimate of drug-likeness (QED) is 0.560. The second kappa shape index (κ2) is 3.36. The first-order chi connectivity index (χ1) is 5.65. The third-order valence-electron chi connectivity index (χ3n) is 1.51. The minimum Gasteiger partial charge on any atom is -0.207 e. The van der Waals surface area contributed by atoms with Crippen molar-refractivity contribution in [3.8, 4) is 12.3 Å². The molecule has 1 radical (unpaired) electrons. The summed E-state index contributed by atoms with van der Waals surface area (Å²) in [6, 6.07) is 2.40. The predicted molar refractivity (Wildman–Crippen MR) is 43.4 cm³/mol. The predicted octanol–water partition coefficient (Wildman–Crippen LogP) is 2.32. The Morgan fingerprint density at radius 2 is 1.83 bits per heavy atom. The van der Waals surface area contributed by atoms with Crippen molar-refractivity contribution in [3.05, 3.63) is 41.8 Å². The monoisotopic (exact) mass is 165 g/mol. The summed E-state index contributed by atoms with van der Waals surface area (Å²) in [4.78, 5) is 0. The highest BCUT2D eigenvalue weighted by atomic mass is 19.1. The van der Waals surface area contributed by atoms with Gasteiger partial charge in [0, 0.05) is 12.0 Å². The van der Waals surface area contributed by atoms with Crippen LogP contribution in [0.3, 0.4) is 0 Å². The van der Waals surface area contributed by atoms with Crippen molar-refractivity contribution in [1.82, 2.24) is 0 Å². The summed E-state index contributed by atoms with van der Waals surface area (Å²) in [5, 5.41) is 0. The SMILES string of the molecule is C#CCc1cc(F)c([CH2])c(F)c1. The highest BCUT2D eigenvalue weighted by Crippen LogP contribution is 2.14. The van der Waals surface area contributed by atoms with Gasteiger partial charge in [0.25, 0.3) is 0 Å². The average Bonchev–Trinajstić information content (AvgIpc) is 2.01. The van der Waals surface area contributed by atoms with Crippen LogP contribution in [0.5, 0.6) is 0 Å². The summed E-state index contributed by atoms with van der Waals surface area (Å²) in [5.74, 6) is 0.999. The van der Waals surface area contributed by atoms with Gasteiger partial charge in [-0.1, -0.05) is 0 Å². The standard InChI is InChI=1S/C10H7F2/c1-3-4-8-5-9(11)7(2)10(12)6-8/h1,5-6H,2,4H2. The minimum absolute atomic E-state index is 0.212. The lowest BCUT2D eigenvalue weighted by Crippen LogP contribution is -1.92. The van der Waals surface area contributed by atoms with Crippen molar-refractivity contribution in [2.75, 3.05) is 0 Å². The molecule has 0 heterocycles. The molecule has 0 atom stereocenters. The van der Waals surface area contributed by atoms with Crippen LogP contribution in [0, 0.1) is 30.9 Å². The maximum Gasteiger partial charge on any atom is 0.129 e. The van der Waals surface area contributed by atoms with Crippen LogP contribution in [0.15, 0.2) is 12.1 Å². The molecule has 0 aliphatic heterocycles. The van der Waals surface area contributed by atoms with Gasteiger partial charge in [-0.05, 0) is 24.6 Å². The molecule has 0 spiro atoms. The molecule has 1 aromatic carbocycles. The van der Waals surface area contributed by atoms with Gasteiger partial charge in [-0.15, -0.1) is 12.3 Å². The van der Waals surface area contributed by atoms with Crippen LogP contribution < -0.4 is 0 Å². The first kappa shape index (κ1) is 8.73. The van der Waals surface area contributed by atoms with Crippen molar-refractivity contribution < 1.29 is 8.78 Å². The largest absolute Gasteiger partial charge is 0.207 e. The molecule has 0 aliphatic carbocycles. The summed E-state index contributed by atoms with van der Waals surface area (Å²) < 4.78 is 25.6. The third kappa shape index (κ3) is 1.62. The zero-order valence-electron chi connectivity index (χ0n) is 6.40. The van der Waals surface area contributed by atoms with Crippen LogP contribution in [-0.4, -0.2) is 0 Å². The smallest absolute Gasteiger partial charge is 0.129 e. The summed E-state index contributed by atoms with van der Waals surface area (Å²) in [5.41, 5.74) is 0.246. The molecule has 0 fully saturated rings. The van der Waals surface area contributed by atoms with E-state index in [1.54, 1.807) is 0 Å². The maximum absolute atomic E-state index is 12.8. The van der Waals surface area contributed by atoms with Gasteiger partial charge < -0.3 is 0 Å². The van der Waals surface area contributed by atoms with Crippen molar-refractivity contribution in [2.24, 2.45) is 0 Å². The first-order valence-corrected chi connectivity index (χ1v) is 3.38. The molecule has 12 heavy (non-hydrogen) atoms. The van der Waals surface area contributed by atoms with Gasteiger partial charge in [0.1, 0.15) is 11.6 Å². The molecule has 0 amide bonds. The van der Waals surface area contributed by atoms with Gasteiger partial charge in [-0.3, -0.25) is 0 Å². The molecule has 0 aromatic heterocycles. The Balaban J connectivity index is 3.14. The molecule has 1 aromatic rings.